The Labute approximate surface area is 154 Å². The standard InChI is InChI=1S/C19H20F2N4O2/c1-18(2,3)27-17(26)24-9-15-23-14-8-22-13-7-5-4-6-12(13)16(14)25(15)11-19(20,21)10-24/h4-8H,9-11H2,1-3H3. The van der Waals surface area contributed by atoms with Gasteiger partial charge in [-0.05, 0) is 26.8 Å². The molecule has 0 saturated carbocycles. The first-order chi connectivity index (χ1) is 12.6. The summed E-state index contributed by atoms with van der Waals surface area (Å²) in [6, 6.07) is 7.36. The van der Waals surface area contributed by atoms with Crippen LogP contribution >= 0.6 is 0 Å². The van der Waals surface area contributed by atoms with Gasteiger partial charge in [-0.25, -0.2) is 18.6 Å². The minimum atomic E-state index is -3.11. The highest BCUT2D eigenvalue weighted by atomic mass is 19.3. The number of carbonyl (C=O) groups is 1. The van der Waals surface area contributed by atoms with Gasteiger partial charge in [-0.2, -0.15) is 0 Å². The van der Waals surface area contributed by atoms with Gasteiger partial charge in [-0.15, -0.1) is 0 Å². The van der Waals surface area contributed by atoms with E-state index in [1.54, 1.807) is 27.0 Å². The molecule has 3 aromatic rings. The van der Waals surface area contributed by atoms with Crippen molar-refractivity contribution in [3.63, 3.8) is 0 Å². The van der Waals surface area contributed by atoms with Gasteiger partial charge in [-0.3, -0.25) is 9.88 Å². The van der Waals surface area contributed by atoms with Crippen LogP contribution in [0.3, 0.4) is 0 Å². The van der Waals surface area contributed by atoms with Gasteiger partial charge in [0, 0.05) is 5.39 Å². The molecule has 0 N–H and O–H groups in total. The summed E-state index contributed by atoms with van der Waals surface area (Å²) >= 11 is 0. The molecule has 0 radical (unpaired) electrons. The van der Waals surface area contributed by atoms with Crippen LogP contribution in [0.5, 0.6) is 0 Å². The van der Waals surface area contributed by atoms with Gasteiger partial charge >= 0.3 is 6.09 Å². The van der Waals surface area contributed by atoms with Gasteiger partial charge in [-0.1, -0.05) is 18.2 Å². The van der Waals surface area contributed by atoms with E-state index in [0.717, 1.165) is 10.3 Å². The molecule has 142 valence electrons. The Morgan fingerprint density at radius 2 is 1.93 bits per heavy atom. The highest BCUT2D eigenvalue weighted by Crippen LogP contribution is 2.31. The molecule has 1 aliphatic heterocycles. The van der Waals surface area contributed by atoms with Crippen LogP contribution in [0.1, 0.15) is 26.6 Å². The highest BCUT2D eigenvalue weighted by molar-refractivity contribution is 6.02. The lowest BCUT2D eigenvalue weighted by Crippen LogP contribution is -2.42. The lowest BCUT2D eigenvalue weighted by atomic mass is 10.2. The lowest BCUT2D eigenvalue weighted by Gasteiger charge is -2.27. The number of imidazole rings is 1. The Morgan fingerprint density at radius 3 is 2.67 bits per heavy atom. The van der Waals surface area contributed by atoms with E-state index in [-0.39, 0.29) is 6.54 Å². The normalized spacial score (nSPS) is 17.0. The van der Waals surface area contributed by atoms with Crippen molar-refractivity contribution in [2.75, 3.05) is 6.54 Å². The van der Waals surface area contributed by atoms with Crippen molar-refractivity contribution >= 4 is 28.0 Å². The fourth-order valence-corrected chi connectivity index (χ4v) is 3.34. The van der Waals surface area contributed by atoms with E-state index in [9.17, 15) is 13.6 Å². The molecule has 1 aromatic carbocycles. The molecule has 6 nitrogen and oxygen atoms in total. The van der Waals surface area contributed by atoms with Gasteiger partial charge in [0.05, 0.1) is 36.9 Å². The minimum absolute atomic E-state index is 0.0481. The number of hydrogen-bond donors (Lipinski definition) is 0. The Bertz CT molecular complexity index is 1040. The Morgan fingerprint density at radius 1 is 1.19 bits per heavy atom. The SMILES string of the molecule is CC(C)(C)OC(=O)N1Cc2nc3cnc4ccccc4c3n2CC(F)(F)C1. The van der Waals surface area contributed by atoms with Gasteiger partial charge in [0.2, 0.25) is 0 Å². The van der Waals surface area contributed by atoms with Crippen molar-refractivity contribution in [3.8, 4) is 0 Å². The zero-order chi connectivity index (χ0) is 19.4. The number of ether oxygens (including phenoxy) is 1. The third-order valence-electron chi connectivity index (χ3n) is 4.35. The third-order valence-corrected chi connectivity index (χ3v) is 4.35. The molecule has 0 unspecified atom stereocenters. The van der Waals surface area contributed by atoms with Gasteiger partial charge in [0.1, 0.15) is 16.9 Å². The fraction of sp³-hybridized carbons (Fsp3) is 0.421. The number of pyridine rings is 1. The first kappa shape index (κ1) is 17.6. The van der Waals surface area contributed by atoms with Crippen LogP contribution in [-0.4, -0.2) is 43.6 Å². The molecule has 2 aromatic heterocycles. The second kappa shape index (κ2) is 5.87. The maximum absolute atomic E-state index is 14.7. The summed E-state index contributed by atoms with van der Waals surface area (Å²) in [7, 11) is 0. The van der Waals surface area contributed by atoms with Crippen molar-refractivity contribution in [2.45, 2.75) is 45.4 Å². The monoisotopic (exact) mass is 374 g/mol. The first-order valence-electron chi connectivity index (χ1n) is 8.72. The lowest BCUT2D eigenvalue weighted by molar-refractivity contribution is -0.0470. The topological polar surface area (TPSA) is 60.2 Å². The largest absolute Gasteiger partial charge is 0.444 e. The van der Waals surface area contributed by atoms with Gasteiger partial charge in [0.15, 0.2) is 0 Å². The Hall–Kier alpha value is -2.77. The summed E-state index contributed by atoms with van der Waals surface area (Å²) in [6.45, 7) is 3.80. The summed E-state index contributed by atoms with van der Waals surface area (Å²) in [5.41, 5.74) is 1.09. The van der Waals surface area contributed by atoms with Crippen LogP contribution in [0.25, 0.3) is 21.9 Å². The van der Waals surface area contributed by atoms with Crippen molar-refractivity contribution in [1.29, 1.82) is 0 Å². The average molecular weight is 374 g/mol. The zero-order valence-corrected chi connectivity index (χ0v) is 15.4. The number of hydrogen-bond acceptors (Lipinski definition) is 4. The molecule has 3 heterocycles. The quantitative estimate of drug-likeness (QED) is 0.597. The van der Waals surface area contributed by atoms with E-state index < -0.39 is 30.7 Å². The molecule has 8 heteroatoms. The summed E-state index contributed by atoms with van der Waals surface area (Å²) < 4.78 is 36.2. The molecule has 1 aliphatic rings. The van der Waals surface area contributed by atoms with Crippen molar-refractivity contribution in [2.24, 2.45) is 0 Å². The summed E-state index contributed by atoms with van der Waals surface area (Å²) in [6.07, 6.45) is 0.806. The van der Waals surface area contributed by atoms with Crippen molar-refractivity contribution < 1.29 is 18.3 Å². The molecule has 4 rings (SSSR count). The predicted molar refractivity (Wildman–Crippen MR) is 96.6 cm³/mol. The van der Waals surface area contributed by atoms with Crippen LogP contribution in [0.15, 0.2) is 30.5 Å². The van der Waals surface area contributed by atoms with Crippen molar-refractivity contribution in [1.82, 2.24) is 19.4 Å². The molecule has 0 spiro atoms. The molecule has 1 amide bonds. The molecule has 0 saturated heterocycles. The summed E-state index contributed by atoms with van der Waals surface area (Å²) in [4.78, 5) is 22.3. The number of rotatable bonds is 0. The van der Waals surface area contributed by atoms with E-state index in [2.05, 4.69) is 9.97 Å². The van der Waals surface area contributed by atoms with Crippen LogP contribution in [0.2, 0.25) is 0 Å². The maximum atomic E-state index is 14.7. The van der Waals surface area contributed by atoms with E-state index >= 15 is 0 Å². The minimum Gasteiger partial charge on any atom is -0.444 e. The van der Waals surface area contributed by atoms with E-state index in [4.69, 9.17) is 4.74 Å². The number of alkyl halides is 2. The van der Waals surface area contributed by atoms with E-state index in [1.807, 2.05) is 24.3 Å². The summed E-state index contributed by atoms with van der Waals surface area (Å²) in [5.74, 6) is -2.72. The number of carbonyl (C=O) groups excluding carboxylic acids is 1. The molecule has 27 heavy (non-hydrogen) atoms. The predicted octanol–water partition coefficient (Wildman–Crippen LogP) is 3.97. The fourth-order valence-electron chi connectivity index (χ4n) is 3.34. The number of amides is 1. The molecule has 0 fully saturated rings. The van der Waals surface area contributed by atoms with E-state index in [0.29, 0.717) is 22.4 Å². The average Bonchev–Trinajstić information content (AvgIpc) is 2.82. The smallest absolute Gasteiger partial charge is 0.410 e. The molecule has 0 bridgehead atoms. The van der Waals surface area contributed by atoms with Gasteiger partial charge in [0.25, 0.3) is 5.92 Å². The number of fused-ring (bicyclic) bond motifs is 5. The summed E-state index contributed by atoms with van der Waals surface area (Å²) in [5, 5.41) is 0.760. The first-order valence-corrected chi connectivity index (χ1v) is 8.72. The zero-order valence-electron chi connectivity index (χ0n) is 15.4. The number of benzene rings is 1. The van der Waals surface area contributed by atoms with Crippen LogP contribution in [0.4, 0.5) is 13.6 Å². The number of aromatic nitrogens is 3. The number of nitrogens with zero attached hydrogens (tertiary/aromatic N) is 4. The highest BCUT2D eigenvalue weighted by Gasteiger charge is 2.40. The molecule has 0 atom stereocenters. The second-order valence-corrected chi connectivity index (χ2v) is 7.82. The van der Waals surface area contributed by atoms with Crippen LogP contribution in [-0.2, 0) is 17.8 Å². The molecular weight excluding hydrogens is 354 g/mol. The molecule has 0 aliphatic carbocycles. The van der Waals surface area contributed by atoms with Gasteiger partial charge < -0.3 is 9.30 Å². The number of para-hydroxylation sites is 1. The van der Waals surface area contributed by atoms with Crippen molar-refractivity contribution in [3.05, 3.63) is 36.3 Å². The maximum Gasteiger partial charge on any atom is 0.410 e. The van der Waals surface area contributed by atoms with Crippen LogP contribution in [0, 0.1) is 0 Å². The Kier molecular flexibility index (Phi) is 3.83. The second-order valence-electron chi connectivity index (χ2n) is 7.82. The Balaban J connectivity index is 1.83. The van der Waals surface area contributed by atoms with Crippen LogP contribution < -0.4 is 0 Å². The van der Waals surface area contributed by atoms with E-state index in [1.165, 1.54) is 4.57 Å². The molecular formula is C19H20F2N4O2. The number of halogens is 2. The third kappa shape index (κ3) is 3.31.